The molecule has 1 aliphatic rings. The quantitative estimate of drug-likeness (QED) is 0.452. The highest BCUT2D eigenvalue weighted by molar-refractivity contribution is 9.10. The molecule has 1 saturated heterocycles. The van der Waals surface area contributed by atoms with Crippen LogP contribution in [0.5, 0.6) is 0 Å². The first-order valence-electron chi connectivity index (χ1n) is 10.6. The van der Waals surface area contributed by atoms with Gasteiger partial charge in [-0.25, -0.2) is 19.9 Å². The Labute approximate surface area is 194 Å². The fraction of sp³-hybridized carbons (Fsp3) is 0.250. The van der Waals surface area contributed by atoms with Gasteiger partial charge in [-0.05, 0) is 35.4 Å². The van der Waals surface area contributed by atoms with Gasteiger partial charge in [0.05, 0.1) is 24.3 Å². The van der Waals surface area contributed by atoms with Gasteiger partial charge in [0, 0.05) is 35.2 Å². The van der Waals surface area contributed by atoms with Gasteiger partial charge in [0.15, 0.2) is 5.65 Å². The van der Waals surface area contributed by atoms with Gasteiger partial charge in [0.25, 0.3) is 0 Å². The summed E-state index contributed by atoms with van der Waals surface area (Å²) in [6.07, 6.45) is 3.33. The lowest BCUT2D eigenvalue weighted by Crippen LogP contribution is -2.36. The number of halogens is 1. The van der Waals surface area contributed by atoms with Crippen LogP contribution in [0, 0.1) is 0 Å². The normalized spacial score (nSPS) is 15.1. The molecule has 0 radical (unpaired) electrons. The zero-order chi connectivity index (χ0) is 22.1. The topological polar surface area (TPSA) is 90.0 Å². The van der Waals surface area contributed by atoms with Gasteiger partial charge in [-0.15, -0.1) is 0 Å². The number of nitrogens with zero attached hydrogens (tertiary/aromatic N) is 5. The lowest BCUT2D eigenvalue weighted by atomic mass is 9.90. The van der Waals surface area contributed by atoms with Crippen molar-refractivity contribution in [2.45, 2.75) is 12.8 Å². The van der Waals surface area contributed by atoms with Gasteiger partial charge in [0.1, 0.15) is 18.0 Å². The molecule has 1 atom stereocenters. The summed E-state index contributed by atoms with van der Waals surface area (Å²) in [6.45, 7) is 5.32. The van der Waals surface area contributed by atoms with Gasteiger partial charge < -0.3 is 15.4 Å². The molecule has 4 aromatic rings. The minimum absolute atomic E-state index is 0.0590. The van der Waals surface area contributed by atoms with E-state index in [1.165, 1.54) is 6.33 Å². The van der Waals surface area contributed by atoms with E-state index >= 15 is 0 Å². The Morgan fingerprint density at radius 2 is 1.84 bits per heavy atom. The van der Waals surface area contributed by atoms with Crippen molar-refractivity contribution in [3.8, 4) is 11.3 Å². The van der Waals surface area contributed by atoms with Crippen molar-refractivity contribution >= 4 is 38.6 Å². The number of nitrogens with two attached hydrogens (primary N) is 1. The van der Waals surface area contributed by atoms with Crippen LogP contribution in [0.25, 0.3) is 22.3 Å². The number of fused-ring (bicyclic) bond motifs is 1. The van der Waals surface area contributed by atoms with Crippen LogP contribution >= 0.6 is 15.9 Å². The molecule has 2 N–H and O–H groups in total. The van der Waals surface area contributed by atoms with E-state index in [-0.39, 0.29) is 5.92 Å². The number of nitrogen functional groups attached to an aromatic ring is 1. The molecular weight excluding hydrogens is 468 g/mol. The number of ether oxygens (including phenoxy) is 1. The Morgan fingerprint density at radius 1 is 1.03 bits per heavy atom. The Balaban J connectivity index is 1.60. The monoisotopic (exact) mass is 490 g/mol. The van der Waals surface area contributed by atoms with Crippen LogP contribution in [0.4, 0.5) is 11.6 Å². The summed E-state index contributed by atoms with van der Waals surface area (Å²) in [4.78, 5) is 20.4. The molecule has 0 aliphatic carbocycles. The highest BCUT2D eigenvalue weighted by Gasteiger charge is 2.20. The second kappa shape index (κ2) is 8.80. The fourth-order valence-electron chi connectivity index (χ4n) is 4.12. The Hall–Kier alpha value is -3.10. The molecule has 1 fully saturated rings. The number of pyridine rings is 2. The van der Waals surface area contributed by atoms with Crippen LogP contribution in [-0.4, -0.2) is 46.2 Å². The van der Waals surface area contributed by atoms with Crippen LogP contribution in [-0.2, 0) is 4.74 Å². The molecule has 1 aromatic carbocycles. The molecule has 4 heterocycles. The largest absolute Gasteiger partial charge is 0.383 e. The van der Waals surface area contributed by atoms with E-state index in [0.717, 1.165) is 64.4 Å². The summed E-state index contributed by atoms with van der Waals surface area (Å²) in [6, 6.07) is 14.4. The van der Waals surface area contributed by atoms with Gasteiger partial charge in [-0.2, -0.15) is 0 Å². The first-order chi connectivity index (χ1) is 15.6. The average Bonchev–Trinajstić information content (AvgIpc) is 2.84. The van der Waals surface area contributed by atoms with Crippen LogP contribution in [0.3, 0.4) is 0 Å². The lowest BCUT2D eigenvalue weighted by Gasteiger charge is -2.27. The molecule has 0 amide bonds. The highest BCUT2D eigenvalue weighted by Crippen LogP contribution is 2.37. The van der Waals surface area contributed by atoms with E-state index in [1.54, 1.807) is 0 Å². The Bertz CT molecular complexity index is 1260. The van der Waals surface area contributed by atoms with Gasteiger partial charge in [-0.3, -0.25) is 0 Å². The first kappa shape index (κ1) is 20.8. The maximum atomic E-state index is 6.27. The predicted octanol–water partition coefficient (Wildman–Crippen LogP) is 4.42. The van der Waals surface area contributed by atoms with E-state index in [9.17, 15) is 0 Å². The number of anilines is 2. The van der Waals surface area contributed by atoms with E-state index in [1.807, 2.05) is 30.5 Å². The molecule has 3 aromatic heterocycles. The second-order valence-electron chi connectivity index (χ2n) is 7.80. The van der Waals surface area contributed by atoms with E-state index < -0.39 is 0 Å². The van der Waals surface area contributed by atoms with E-state index in [2.05, 4.69) is 60.9 Å². The third-order valence-corrected chi connectivity index (χ3v) is 6.60. The average molecular weight is 491 g/mol. The minimum atomic E-state index is 0.0590. The SMILES string of the molecule is C[C@@H](c1ccccc1Br)c1cc(-c2ccc(N3CCOCC3)nc2)nc2ncnc(N)c12. The number of rotatable bonds is 4. The summed E-state index contributed by atoms with van der Waals surface area (Å²) >= 11 is 3.68. The molecule has 7 nitrogen and oxygen atoms in total. The van der Waals surface area contributed by atoms with Crippen LogP contribution < -0.4 is 10.6 Å². The first-order valence-corrected chi connectivity index (χ1v) is 11.4. The molecule has 5 rings (SSSR count). The summed E-state index contributed by atoms with van der Waals surface area (Å²) < 4.78 is 6.49. The summed E-state index contributed by atoms with van der Waals surface area (Å²) in [5.74, 6) is 1.44. The van der Waals surface area contributed by atoms with Crippen molar-refractivity contribution in [1.82, 2.24) is 19.9 Å². The van der Waals surface area contributed by atoms with Gasteiger partial charge in [0.2, 0.25) is 0 Å². The van der Waals surface area contributed by atoms with Crippen molar-refractivity contribution in [1.29, 1.82) is 0 Å². The van der Waals surface area contributed by atoms with Gasteiger partial charge in [-0.1, -0.05) is 41.1 Å². The van der Waals surface area contributed by atoms with E-state index in [4.69, 9.17) is 15.5 Å². The molecule has 162 valence electrons. The molecule has 8 heteroatoms. The van der Waals surface area contributed by atoms with Crippen molar-refractivity contribution in [2.24, 2.45) is 0 Å². The van der Waals surface area contributed by atoms with Crippen LogP contribution in [0.1, 0.15) is 24.0 Å². The number of hydrogen-bond acceptors (Lipinski definition) is 7. The molecule has 0 saturated carbocycles. The third-order valence-electron chi connectivity index (χ3n) is 5.88. The summed E-state index contributed by atoms with van der Waals surface area (Å²) in [5, 5.41) is 0.789. The smallest absolute Gasteiger partial charge is 0.165 e. The maximum Gasteiger partial charge on any atom is 0.165 e. The Kier molecular flexibility index (Phi) is 5.71. The van der Waals surface area contributed by atoms with Crippen molar-refractivity contribution in [3.63, 3.8) is 0 Å². The maximum absolute atomic E-state index is 6.27. The van der Waals surface area contributed by atoms with Gasteiger partial charge >= 0.3 is 0 Å². The minimum Gasteiger partial charge on any atom is -0.383 e. The Morgan fingerprint density at radius 3 is 2.59 bits per heavy atom. The predicted molar refractivity (Wildman–Crippen MR) is 130 cm³/mol. The van der Waals surface area contributed by atoms with Crippen LogP contribution in [0.2, 0.25) is 0 Å². The molecule has 0 spiro atoms. The van der Waals surface area contributed by atoms with Crippen molar-refractivity contribution in [2.75, 3.05) is 36.9 Å². The van der Waals surface area contributed by atoms with Crippen molar-refractivity contribution < 1.29 is 4.74 Å². The summed E-state index contributed by atoms with van der Waals surface area (Å²) in [5.41, 5.74) is 10.8. The molecule has 0 bridgehead atoms. The zero-order valence-corrected chi connectivity index (χ0v) is 19.3. The zero-order valence-electron chi connectivity index (χ0n) is 17.7. The number of hydrogen-bond donors (Lipinski definition) is 1. The third kappa shape index (κ3) is 3.91. The highest BCUT2D eigenvalue weighted by atomic mass is 79.9. The molecule has 1 aliphatic heterocycles. The lowest BCUT2D eigenvalue weighted by molar-refractivity contribution is 0.122. The fourth-order valence-corrected chi connectivity index (χ4v) is 4.75. The van der Waals surface area contributed by atoms with Crippen molar-refractivity contribution in [3.05, 3.63) is 70.6 Å². The second-order valence-corrected chi connectivity index (χ2v) is 8.66. The molecule has 0 unspecified atom stereocenters. The molecular formula is C24H23BrN6O. The van der Waals surface area contributed by atoms with E-state index in [0.29, 0.717) is 11.5 Å². The number of morpholine rings is 1. The number of benzene rings is 1. The summed E-state index contributed by atoms with van der Waals surface area (Å²) in [7, 11) is 0. The van der Waals surface area contributed by atoms with Crippen LogP contribution in [0.15, 0.2) is 59.5 Å². The standard InChI is InChI=1S/C24H23BrN6O/c1-15(17-4-2-3-5-19(17)25)18-12-20(30-24-22(18)23(26)28-14-29-24)16-6-7-21(27-13-16)31-8-10-32-11-9-31/h2-7,12-15H,8-11H2,1H3,(H2,26,28,29,30)/t15-/m0/s1. The number of aromatic nitrogens is 4. The molecule has 32 heavy (non-hydrogen) atoms.